The van der Waals surface area contributed by atoms with Crippen LogP contribution in [-0.4, -0.2) is 29.5 Å². The van der Waals surface area contributed by atoms with Crippen LogP contribution >= 0.6 is 11.3 Å². The highest BCUT2D eigenvalue weighted by Gasteiger charge is 2.20. The second-order valence-corrected chi connectivity index (χ2v) is 6.84. The number of nitrogens with zero attached hydrogens (tertiary/aromatic N) is 2. The predicted molar refractivity (Wildman–Crippen MR) is 89.8 cm³/mol. The molecule has 0 aliphatic carbocycles. The van der Waals surface area contributed by atoms with Crippen molar-refractivity contribution in [2.45, 2.75) is 39.8 Å². The normalized spacial score (nSPS) is 11.2. The van der Waals surface area contributed by atoms with Crippen molar-refractivity contribution in [1.82, 2.24) is 9.88 Å². The van der Waals surface area contributed by atoms with Gasteiger partial charge in [-0.1, -0.05) is 26.0 Å². The van der Waals surface area contributed by atoms with Crippen molar-refractivity contribution in [2.24, 2.45) is 0 Å². The molecule has 0 radical (unpaired) electrons. The summed E-state index contributed by atoms with van der Waals surface area (Å²) < 4.78 is 28.6. The molecule has 0 N–H and O–H groups in total. The van der Waals surface area contributed by atoms with E-state index < -0.39 is 6.61 Å². The van der Waals surface area contributed by atoms with E-state index in [0.29, 0.717) is 11.4 Å². The number of hydrogen-bond donors (Lipinski definition) is 0. The van der Waals surface area contributed by atoms with Crippen molar-refractivity contribution in [2.75, 3.05) is 7.05 Å². The number of benzene rings is 1. The number of carbonyl (C=O) groups excluding carboxylic acids is 1. The third kappa shape index (κ3) is 4.50. The molecule has 0 aliphatic rings. The highest BCUT2D eigenvalue weighted by molar-refractivity contribution is 7.13. The second-order valence-electron chi connectivity index (χ2n) is 5.81. The Hall–Kier alpha value is -2.02. The summed E-state index contributed by atoms with van der Waals surface area (Å²) in [7, 11) is 1.71. The molecule has 2 aromatic rings. The molecule has 1 aromatic heterocycles. The number of ether oxygens (including phenoxy) is 1. The molecule has 4 nitrogen and oxygen atoms in total. The number of hydrogen-bond acceptors (Lipinski definition) is 4. The first-order valence-electron chi connectivity index (χ1n) is 7.54. The van der Waals surface area contributed by atoms with E-state index in [1.807, 2.05) is 20.8 Å². The molecule has 0 spiro atoms. The van der Waals surface area contributed by atoms with Gasteiger partial charge in [0.15, 0.2) is 0 Å². The zero-order valence-corrected chi connectivity index (χ0v) is 14.9. The average molecular weight is 354 g/mol. The Morgan fingerprint density at radius 2 is 1.92 bits per heavy atom. The maximum absolute atomic E-state index is 12.6. The molecule has 7 heteroatoms. The highest BCUT2D eigenvalue weighted by atomic mass is 32.1. The summed E-state index contributed by atoms with van der Waals surface area (Å²) in [6, 6.07) is 6.27. The lowest BCUT2D eigenvalue weighted by atomic mass is 10.2. The van der Waals surface area contributed by atoms with Crippen molar-refractivity contribution < 1.29 is 18.3 Å². The molecule has 0 atom stereocenters. The molecule has 1 heterocycles. The molecule has 0 unspecified atom stereocenters. The van der Waals surface area contributed by atoms with Gasteiger partial charge in [0.2, 0.25) is 0 Å². The fraction of sp³-hybridized carbons (Fsp3) is 0.412. The Morgan fingerprint density at radius 3 is 2.42 bits per heavy atom. The van der Waals surface area contributed by atoms with Gasteiger partial charge in [0, 0.05) is 19.5 Å². The Kier molecular flexibility index (Phi) is 5.88. The molecular weight excluding hydrogens is 334 g/mol. The minimum absolute atomic E-state index is 0.0928. The van der Waals surface area contributed by atoms with Crippen LogP contribution in [0.2, 0.25) is 0 Å². The van der Waals surface area contributed by atoms with Crippen LogP contribution in [0, 0.1) is 6.92 Å². The van der Waals surface area contributed by atoms with Crippen molar-refractivity contribution in [3.05, 3.63) is 45.4 Å². The average Bonchev–Trinajstić information content (AvgIpc) is 2.90. The van der Waals surface area contributed by atoms with E-state index in [-0.39, 0.29) is 17.6 Å². The van der Waals surface area contributed by atoms with Gasteiger partial charge >= 0.3 is 6.61 Å². The van der Waals surface area contributed by atoms with Crippen LogP contribution < -0.4 is 4.74 Å². The fourth-order valence-corrected chi connectivity index (χ4v) is 3.22. The van der Waals surface area contributed by atoms with Gasteiger partial charge in [0.25, 0.3) is 5.91 Å². The van der Waals surface area contributed by atoms with Crippen LogP contribution in [0.25, 0.3) is 0 Å². The molecule has 0 saturated carbocycles. The minimum Gasteiger partial charge on any atom is -0.435 e. The molecule has 0 fully saturated rings. The smallest absolute Gasteiger partial charge is 0.387 e. The van der Waals surface area contributed by atoms with E-state index in [0.717, 1.165) is 16.3 Å². The topological polar surface area (TPSA) is 42.4 Å². The van der Waals surface area contributed by atoms with Crippen molar-refractivity contribution in [3.8, 4) is 5.75 Å². The standard InChI is InChI=1S/C17H20F2N2O2S/c1-10(2)15-20-11(3)14(24-15)16(22)21(4)9-12-5-7-13(8-6-12)23-17(18)19/h5-8,10,17H,9H2,1-4H3. The molecule has 0 aliphatic heterocycles. The Bertz CT molecular complexity index is 699. The quantitative estimate of drug-likeness (QED) is 0.770. The van der Waals surface area contributed by atoms with E-state index in [1.165, 1.54) is 23.5 Å². The summed E-state index contributed by atoms with van der Waals surface area (Å²) in [6.07, 6.45) is 0. The van der Waals surface area contributed by atoms with E-state index in [1.54, 1.807) is 24.1 Å². The largest absolute Gasteiger partial charge is 0.435 e. The molecule has 0 bridgehead atoms. The monoisotopic (exact) mass is 354 g/mol. The SMILES string of the molecule is Cc1nc(C(C)C)sc1C(=O)N(C)Cc1ccc(OC(F)F)cc1. The lowest BCUT2D eigenvalue weighted by Crippen LogP contribution is -2.26. The van der Waals surface area contributed by atoms with E-state index in [2.05, 4.69) is 9.72 Å². The number of alkyl halides is 2. The lowest BCUT2D eigenvalue weighted by molar-refractivity contribution is -0.0498. The van der Waals surface area contributed by atoms with Gasteiger partial charge < -0.3 is 9.64 Å². The first-order valence-corrected chi connectivity index (χ1v) is 8.36. The molecule has 24 heavy (non-hydrogen) atoms. The predicted octanol–water partition coefficient (Wildman–Crippen LogP) is 4.45. The molecule has 2 rings (SSSR count). The van der Waals surface area contributed by atoms with E-state index >= 15 is 0 Å². The Balaban J connectivity index is 2.06. The zero-order valence-electron chi connectivity index (χ0n) is 14.0. The van der Waals surface area contributed by atoms with Gasteiger partial charge in [-0.05, 0) is 24.6 Å². The third-order valence-corrected chi connectivity index (χ3v) is 4.86. The second kappa shape index (κ2) is 7.70. The summed E-state index contributed by atoms with van der Waals surface area (Å²) >= 11 is 1.42. The zero-order chi connectivity index (χ0) is 17.9. The number of aryl methyl sites for hydroxylation is 1. The van der Waals surface area contributed by atoms with E-state index in [4.69, 9.17) is 0 Å². The highest BCUT2D eigenvalue weighted by Crippen LogP contribution is 2.26. The van der Waals surface area contributed by atoms with Gasteiger partial charge in [-0.2, -0.15) is 8.78 Å². The van der Waals surface area contributed by atoms with Crippen LogP contribution in [0.5, 0.6) is 5.75 Å². The maximum Gasteiger partial charge on any atom is 0.387 e. The summed E-state index contributed by atoms with van der Waals surface area (Å²) in [5.74, 6) is 0.287. The molecular formula is C17H20F2N2O2S. The van der Waals surface area contributed by atoms with E-state index in [9.17, 15) is 13.6 Å². The molecule has 1 amide bonds. The summed E-state index contributed by atoms with van der Waals surface area (Å²) in [6.45, 7) is 3.45. The summed E-state index contributed by atoms with van der Waals surface area (Å²) in [5.41, 5.74) is 1.57. The first-order chi connectivity index (χ1) is 11.3. The number of halogens is 2. The van der Waals surface area contributed by atoms with Crippen LogP contribution in [0.15, 0.2) is 24.3 Å². The minimum atomic E-state index is -2.84. The molecule has 1 aromatic carbocycles. The fourth-order valence-electron chi connectivity index (χ4n) is 2.16. The van der Waals surface area contributed by atoms with Crippen LogP contribution in [0.4, 0.5) is 8.78 Å². The van der Waals surface area contributed by atoms with Crippen molar-refractivity contribution >= 4 is 17.2 Å². The maximum atomic E-state index is 12.6. The van der Waals surface area contributed by atoms with Gasteiger partial charge in [0.1, 0.15) is 10.6 Å². The number of amides is 1. The molecule has 130 valence electrons. The number of carbonyl (C=O) groups is 1. The number of aromatic nitrogens is 1. The Morgan fingerprint density at radius 1 is 1.29 bits per heavy atom. The Labute approximate surface area is 144 Å². The van der Waals surface area contributed by atoms with Gasteiger partial charge in [-0.3, -0.25) is 4.79 Å². The number of thiazole rings is 1. The first kappa shape index (κ1) is 18.3. The third-order valence-electron chi connectivity index (χ3n) is 3.42. The van der Waals surface area contributed by atoms with Crippen molar-refractivity contribution in [1.29, 1.82) is 0 Å². The number of rotatable bonds is 6. The van der Waals surface area contributed by atoms with Crippen LogP contribution in [0.1, 0.15) is 45.7 Å². The summed E-state index contributed by atoms with van der Waals surface area (Å²) in [4.78, 5) is 19.3. The van der Waals surface area contributed by atoms with Gasteiger partial charge in [0.05, 0.1) is 10.7 Å². The molecule has 0 saturated heterocycles. The van der Waals surface area contributed by atoms with Gasteiger partial charge in [-0.25, -0.2) is 4.98 Å². The van der Waals surface area contributed by atoms with Crippen LogP contribution in [0.3, 0.4) is 0 Å². The van der Waals surface area contributed by atoms with Crippen LogP contribution in [-0.2, 0) is 6.54 Å². The lowest BCUT2D eigenvalue weighted by Gasteiger charge is -2.17. The summed E-state index contributed by atoms with van der Waals surface area (Å²) in [5, 5.41) is 0.942. The van der Waals surface area contributed by atoms with Crippen molar-refractivity contribution in [3.63, 3.8) is 0 Å². The van der Waals surface area contributed by atoms with Gasteiger partial charge in [-0.15, -0.1) is 11.3 Å².